The van der Waals surface area contributed by atoms with E-state index in [2.05, 4.69) is 24.0 Å². The molecule has 0 unspecified atom stereocenters. The van der Waals surface area contributed by atoms with E-state index in [1.54, 1.807) is 6.20 Å². The number of rotatable bonds is 2. The highest BCUT2D eigenvalue weighted by molar-refractivity contribution is 6.07. The summed E-state index contributed by atoms with van der Waals surface area (Å²) in [6, 6.07) is 6.20. The second-order valence-electron chi connectivity index (χ2n) is 5.99. The van der Waals surface area contributed by atoms with Crippen molar-refractivity contribution in [2.75, 3.05) is 32.9 Å². The Kier molecular flexibility index (Phi) is 3.59. The third-order valence-corrected chi connectivity index (χ3v) is 4.42. The Hall–Kier alpha value is -2.01. The number of aromatic nitrogens is 1. The molecular weight excluding hydrogens is 264 g/mol. The molecule has 0 saturated carbocycles. The summed E-state index contributed by atoms with van der Waals surface area (Å²) in [4.78, 5) is 20.1. The minimum atomic E-state index is 0.101. The van der Waals surface area contributed by atoms with Gasteiger partial charge in [0.05, 0.1) is 5.56 Å². The van der Waals surface area contributed by atoms with Crippen molar-refractivity contribution < 1.29 is 4.79 Å². The molecule has 1 saturated heterocycles. The Morgan fingerprint density at radius 1 is 1.33 bits per heavy atom. The summed E-state index contributed by atoms with van der Waals surface area (Å²) in [6.07, 6.45) is 3.86. The number of benzene rings is 1. The summed E-state index contributed by atoms with van der Waals surface area (Å²) in [5, 5.41) is 0.912. The molecule has 112 valence electrons. The largest absolute Gasteiger partial charge is 0.399 e. The van der Waals surface area contributed by atoms with Crippen molar-refractivity contribution in [1.82, 2.24) is 14.8 Å². The van der Waals surface area contributed by atoms with Gasteiger partial charge in [-0.05, 0) is 45.1 Å². The third-order valence-electron chi connectivity index (χ3n) is 4.42. The predicted octanol–water partition coefficient (Wildman–Crippen LogP) is 1.92. The number of hydrogen-bond donors (Lipinski definition) is 2. The van der Waals surface area contributed by atoms with Gasteiger partial charge in [-0.25, -0.2) is 0 Å². The lowest BCUT2D eigenvalue weighted by molar-refractivity contribution is 0.0665. The first kappa shape index (κ1) is 13.9. The number of anilines is 1. The standard InChI is InChI=1S/C16H22N4O/c1-19(2)12-5-7-20(8-6-12)16(21)14-10-18-15-4-3-11(17)9-13(14)15/h3-4,9-10,12,18H,5-8,17H2,1-2H3. The van der Waals surface area contributed by atoms with E-state index in [0.29, 0.717) is 11.7 Å². The number of nitrogens with one attached hydrogen (secondary N) is 1. The zero-order chi connectivity index (χ0) is 15.0. The van der Waals surface area contributed by atoms with Crippen LogP contribution in [-0.2, 0) is 0 Å². The van der Waals surface area contributed by atoms with Gasteiger partial charge in [0, 0.05) is 41.9 Å². The number of likely N-dealkylation sites (tertiary alicyclic amines) is 1. The first-order valence-electron chi connectivity index (χ1n) is 7.38. The van der Waals surface area contributed by atoms with Crippen LogP contribution >= 0.6 is 0 Å². The Bertz CT molecular complexity index is 653. The fourth-order valence-corrected chi connectivity index (χ4v) is 3.07. The smallest absolute Gasteiger partial charge is 0.256 e. The number of nitrogens with two attached hydrogens (primary N) is 1. The average Bonchev–Trinajstić information content (AvgIpc) is 2.89. The molecule has 2 heterocycles. The van der Waals surface area contributed by atoms with Crippen molar-refractivity contribution in [2.24, 2.45) is 0 Å². The van der Waals surface area contributed by atoms with E-state index in [4.69, 9.17) is 5.73 Å². The van der Waals surface area contributed by atoms with E-state index in [-0.39, 0.29) is 5.91 Å². The number of fused-ring (bicyclic) bond motifs is 1. The molecule has 0 aliphatic carbocycles. The van der Waals surface area contributed by atoms with Gasteiger partial charge in [0.15, 0.2) is 0 Å². The van der Waals surface area contributed by atoms with Gasteiger partial charge in [0.2, 0.25) is 0 Å². The first-order valence-corrected chi connectivity index (χ1v) is 7.38. The van der Waals surface area contributed by atoms with Gasteiger partial charge in [-0.2, -0.15) is 0 Å². The molecule has 5 nitrogen and oxygen atoms in total. The SMILES string of the molecule is CN(C)C1CCN(C(=O)c2c[nH]c3ccc(N)cc23)CC1. The Labute approximate surface area is 124 Å². The lowest BCUT2D eigenvalue weighted by Gasteiger charge is -2.35. The fraction of sp³-hybridized carbons (Fsp3) is 0.438. The van der Waals surface area contributed by atoms with Crippen LogP contribution in [0.2, 0.25) is 0 Å². The van der Waals surface area contributed by atoms with Crippen LogP contribution in [0.15, 0.2) is 24.4 Å². The average molecular weight is 286 g/mol. The highest BCUT2D eigenvalue weighted by Gasteiger charge is 2.25. The van der Waals surface area contributed by atoms with Crippen LogP contribution in [0.3, 0.4) is 0 Å². The molecule has 2 aromatic rings. The zero-order valence-electron chi connectivity index (χ0n) is 12.6. The topological polar surface area (TPSA) is 65.4 Å². The van der Waals surface area contributed by atoms with Crippen LogP contribution in [0.5, 0.6) is 0 Å². The van der Waals surface area contributed by atoms with E-state index in [1.807, 2.05) is 23.1 Å². The van der Waals surface area contributed by atoms with Crippen molar-refractivity contribution in [3.8, 4) is 0 Å². The van der Waals surface area contributed by atoms with Gasteiger partial charge in [-0.1, -0.05) is 0 Å². The molecule has 1 fully saturated rings. The van der Waals surface area contributed by atoms with Gasteiger partial charge in [0.25, 0.3) is 5.91 Å². The number of carbonyl (C=O) groups is 1. The van der Waals surface area contributed by atoms with Crippen LogP contribution in [0, 0.1) is 0 Å². The number of H-pyrrole nitrogens is 1. The van der Waals surface area contributed by atoms with Crippen LogP contribution in [0.1, 0.15) is 23.2 Å². The van der Waals surface area contributed by atoms with Crippen molar-refractivity contribution in [3.63, 3.8) is 0 Å². The second-order valence-corrected chi connectivity index (χ2v) is 5.99. The van der Waals surface area contributed by atoms with Gasteiger partial charge in [0.1, 0.15) is 0 Å². The van der Waals surface area contributed by atoms with Crippen LogP contribution in [-0.4, -0.2) is 53.9 Å². The lowest BCUT2D eigenvalue weighted by atomic mass is 10.0. The maximum atomic E-state index is 12.7. The highest BCUT2D eigenvalue weighted by atomic mass is 16.2. The normalized spacial score (nSPS) is 16.8. The zero-order valence-corrected chi connectivity index (χ0v) is 12.6. The Morgan fingerprint density at radius 3 is 2.71 bits per heavy atom. The van der Waals surface area contributed by atoms with Crippen molar-refractivity contribution in [3.05, 3.63) is 30.0 Å². The number of amides is 1. The summed E-state index contributed by atoms with van der Waals surface area (Å²) < 4.78 is 0. The number of carbonyl (C=O) groups excluding carboxylic acids is 1. The summed E-state index contributed by atoms with van der Waals surface area (Å²) in [5.74, 6) is 0.101. The predicted molar refractivity (Wildman–Crippen MR) is 85.3 cm³/mol. The lowest BCUT2D eigenvalue weighted by Crippen LogP contribution is -2.44. The molecule has 5 heteroatoms. The molecule has 1 aromatic heterocycles. The van der Waals surface area contributed by atoms with E-state index in [0.717, 1.165) is 42.4 Å². The molecular formula is C16H22N4O. The number of nitrogens with zero attached hydrogens (tertiary/aromatic N) is 2. The summed E-state index contributed by atoms with van der Waals surface area (Å²) in [7, 11) is 4.20. The van der Waals surface area contributed by atoms with Gasteiger partial charge >= 0.3 is 0 Å². The molecule has 1 aromatic carbocycles. The maximum absolute atomic E-state index is 12.7. The number of nitrogen functional groups attached to an aromatic ring is 1. The highest BCUT2D eigenvalue weighted by Crippen LogP contribution is 2.24. The molecule has 0 atom stereocenters. The van der Waals surface area contributed by atoms with Gasteiger partial charge < -0.3 is 20.5 Å². The molecule has 21 heavy (non-hydrogen) atoms. The van der Waals surface area contributed by atoms with E-state index in [1.165, 1.54) is 0 Å². The first-order chi connectivity index (χ1) is 10.1. The van der Waals surface area contributed by atoms with Crippen LogP contribution in [0.4, 0.5) is 5.69 Å². The summed E-state index contributed by atoms with van der Waals surface area (Å²) >= 11 is 0. The fourth-order valence-electron chi connectivity index (χ4n) is 3.07. The van der Waals surface area contributed by atoms with Gasteiger partial charge in [-0.15, -0.1) is 0 Å². The quantitative estimate of drug-likeness (QED) is 0.829. The molecule has 3 rings (SSSR count). The number of piperidine rings is 1. The second kappa shape index (κ2) is 5.41. The summed E-state index contributed by atoms with van der Waals surface area (Å²) in [6.45, 7) is 1.63. The van der Waals surface area contributed by atoms with Crippen molar-refractivity contribution in [2.45, 2.75) is 18.9 Å². The van der Waals surface area contributed by atoms with Crippen LogP contribution in [0.25, 0.3) is 10.9 Å². The van der Waals surface area contributed by atoms with E-state index < -0.39 is 0 Å². The minimum absolute atomic E-state index is 0.101. The molecule has 0 bridgehead atoms. The number of aromatic amines is 1. The molecule has 1 aliphatic heterocycles. The maximum Gasteiger partial charge on any atom is 0.256 e. The number of hydrogen-bond acceptors (Lipinski definition) is 3. The Balaban J connectivity index is 1.80. The molecule has 0 radical (unpaired) electrons. The van der Waals surface area contributed by atoms with Crippen molar-refractivity contribution in [1.29, 1.82) is 0 Å². The van der Waals surface area contributed by atoms with E-state index >= 15 is 0 Å². The van der Waals surface area contributed by atoms with Crippen LogP contribution < -0.4 is 5.73 Å². The Morgan fingerprint density at radius 2 is 2.05 bits per heavy atom. The van der Waals surface area contributed by atoms with Crippen molar-refractivity contribution >= 4 is 22.5 Å². The molecule has 3 N–H and O–H groups in total. The van der Waals surface area contributed by atoms with Gasteiger partial charge in [-0.3, -0.25) is 4.79 Å². The molecule has 1 aliphatic rings. The molecule has 0 spiro atoms. The molecule has 1 amide bonds. The summed E-state index contributed by atoms with van der Waals surface area (Å²) in [5.41, 5.74) is 8.20. The van der Waals surface area contributed by atoms with E-state index in [9.17, 15) is 4.79 Å². The monoisotopic (exact) mass is 286 g/mol. The third kappa shape index (κ3) is 2.61. The minimum Gasteiger partial charge on any atom is -0.399 e.